The van der Waals surface area contributed by atoms with Crippen molar-refractivity contribution < 1.29 is 24.2 Å². The monoisotopic (exact) mass is 496 g/mol. The van der Waals surface area contributed by atoms with Gasteiger partial charge in [0.15, 0.2) is 16.8 Å². The second kappa shape index (κ2) is 11.4. The van der Waals surface area contributed by atoms with Crippen LogP contribution in [0.2, 0.25) is 0 Å². The highest BCUT2D eigenvalue weighted by molar-refractivity contribution is 7.99. The number of methoxy groups -OCH3 is 1. The standard InChI is InChI=1S/C25H28N4O5S/c1-3-23(32)26-20-11-8-17(13-22(20)33-2)21(31)15-35-25-28-27-24(16-6-9-18(30)10-7-16)29(25)14-19-5-4-12-34-19/h6-11,13,19,30H,3-5,12,14-15H2,1-2H3,(H,26,32)/t19-/m0/s1. The highest BCUT2D eigenvalue weighted by atomic mass is 32.2. The zero-order valence-corrected chi connectivity index (χ0v) is 20.5. The molecule has 1 aliphatic rings. The highest BCUT2D eigenvalue weighted by Crippen LogP contribution is 2.30. The Kier molecular flexibility index (Phi) is 8.04. The van der Waals surface area contributed by atoms with Crippen molar-refractivity contribution in [3.8, 4) is 22.9 Å². The molecular formula is C25H28N4O5S. The Hall–Kier alpha value is -3.37. The fourth-order valence-electron chi connectivity index (χ4n) is 3.80. The van der Waals surface area contributed by atoms with E-state index in [4.69, 9.17) is 9.47 Å². The summed E-state index contributed by atoms with van der Waals surface area (Å²) in [5.74, 6) is 1.19. The molecule has 0 aliphatic carbocycles. The molecule has 184 valence electrons. The third kappa shape index (κ3) is 6.01. The Morgan fingerprint density at radius 2 is 2.03 bits per heavy atom. The maximum Gasteiger partial charge on any atom is 0.224 e. The summed E-state index contributed by atoms with van der Waals surface area (Å²) in [6.07, 6.45) is 2.38. The number of nitrogens with zero attached hydrogens (tertiary/aromatic N) is 3. The molecule has 0 radical (unpaired) electrons. The number of aromatic nitrogens is 3. The van der Waals surface area contributed by atoms with Crippen molar-refractivity contribution in [2.75, 3.05) is 24.8 Å². The summed E-state index contributed by atoms with van der Waals surface area (Å²) < 4.78 is 13.2. The SMILES string of the molecule is CCC(=O)Nc1ccc(C(=O)CSc2nnc(-c3ccc(O)cc3)n2C[C@@H]2CCCO2)cc1OC. The Morgan fingerprint density at radius 1 is 1.23 bits per heavy atom. The van der Waals surface area contributed by atoms with Crippen LogP contribution in [-0.4, -0.2) is 57.1 Å². The Bertz CT molecular complexity index is 1190. The molecule has 1 fully saturated rings. The van der Waals surface area contributed by atoms with E-state index in [9.17, 15) is 14.7 Å². The lowest BCUT2D eigenvalue weighted by Crippen LogP contribution is -2.17. The molecule has 9 nitrogen and oxygen atoms in total. The smallest absolute Gasteiger partial charge is 0.224 e. The molecule has 2 heterocycles. The van der Waals surface area contributed by atoms with Gasteiger partial charge in [-0.05, 0) is 55.3 Å². The van der Waals surface area contributed by atoms with Crippen LogP contribution >= 0.6 is 11.8 Å². The maximum absolute atomic E-state index is 13.0. The lowest BCUT2D eigenvalue weighted by Gasteiger charge is -2.15. The van der Waals surface area contributed by atoms with Crippen LogP contribution in [0.15, 0.2) is 47.6 Å². The van der Waals surface area contributed by atoms with Gasteiger partial charge in [0, 0.05) is 24.2 Å². The molecule has 1 amide bonds. The Labute approximate surface area is 207 Å². The summed E-state index contributed by atoms with van der Waals surface area (Å²) in [5.41, 5.74) is 1.83. The average molecular weight is 497 g/mol. The molecule has 0 unspecified atom stereocenters. The molecule has 3 aromatic rings. The van der Waals surface area contributed by atoms with E-state index in [0.717, 1.165) is 25.0 Å². The van der Waals surface area contributed by atoms with Crippen molar-refractivity contribution >= 4 is 29.1 Å². The van der Waals surface area contributed by atoms with Crippen LogP contribution in [0.5, 0.6) is 11.5 Å². The summed E-state index contributed by atoms with van der Waals surface area (Å²) in [6, 6.07) is 11.8. The molecule has 1 atom stereocenters. The summed E-state index contributed by atoms with van der Waals surface area (Å²) in [4.78, 5) is 24.7. The molecule has 0 bridgehead atoms. The lowest BCUT2D eigenvalue weighted by molar-refractivity contribution is -0.115. The number of nitrogens with one attached hydrogen (secondary N) is 1. The first-order valence-corrected chi connectivity index (χ1v) is 12.4. The van der Waals surface area contributed by atoms with Gasteiger partial charge in [0.25, 0.3) is 0 Å². The second-order valence-electron chi connectivity index (χ2n) is 8.13. The van der Waals surface area contributed by atoms with Gasteiger partial charge in [0.05, 0.1) is 31.2 Å². The number of amides is 1. The van der Waals surface area contributed by atoms with Crippen LogP contribution in [0.3, 0.4) is 0 Å². The van der Waals surface area contributed by atoms with Crippen LogP contribution in [-0.2, 0) is 16.1 Å². The third-order valence-electron chi connectivity index (χ3n) is 5.70. The number of hydrogen-bond acceptors (Lipinski definition) is 8. The molecule has 1 saturated heterocycles. The first kappa shape index (κ1) is 24.7. The van der Waals surface area contributed by atoms with Crippen LogP contribution in [0.4, 0.5) is 5.69 Å². The first-order chi connectivity index (χ1) is 17.0. The van der Waals surface area contributed by atoms with Crippen LogP contribution in [0.25, 0.3) is 11.4 Å². The van der Waals surface area contributed by atoms with Gasteiger partial charge in [-0.3, -0.25) is 14.2 Å². The molecule has 1 aromatic heterocycles. The summed E-state index contributed by atoms with van der Waals surface area (Å²) in [7, 11) is 1.50. The number of thioether (sulfide) groups is 1. The van der Waals surface area contributed by atoms with Crippen molar-refractivity contribution in [2.45, 2.75) is 44.0 Å². The average Bonchev–Trinajstić information content (AvgIpc) is 3.53. The maximum atomic E-state index is 13.0. The normalized spacial score (nSPS) is 15.2. The van der Waals surface area contributed by atoms with Crippen LogP contribution in [0, 0.1) is 0 Å². The van der Waals surface area contributed by atoms with E-state index in [1.165, 1.54) is 18.9 Å². The van der Waals surface area contributed by atoms with Gasteiger partial charge in [-0.25, -0.2) is 0 Å². The van der Waals surface area contributed by atoms with Crippen molar-refractivity contribution in [1.29, 1.82) is 0 Å². The number of phenols is 1. The van der Waals surface area contributed by atoms with E-state index >= 15 is 0 Å². The number of benzene rings is 2. The van der Waals surface area contributed by atoms with E-state index in [0.29, 0.717) is 40.9 Å². The second-order valence-corrected chi connectivity index (χ2v) is 9.07. The van der Waals surface area contributed by atoms with Gasteiger partial charge >= 0.3 is 0 Å². The predicted octanol–water partition coefficient (Wildman–Crippen LogP) is 4.16. The quantitative estimate of drug-likeness (QED) is 0.318. The predicted molar refractivity (Wildman–Crippen MR) is 133 cm³/mol. The molecule has 1 aliphatic heterocycles. The van der Waals surface area contributed by atoms with Gasteiger partial charge in [0.1, 0.15) is 11.5 Å². The Morgan fingerprint density at radius 3 is 2.71 bits per heavy atom. The Balaban J connectivity index is 1.52. The molecule has 4 rings (SSSR count). The minimum absolute atomic E-state index is 0.0621. The molecule has 35 heavy (non-hydrogen) atoms. The number of Topliss-reactive ketones (excluding diaryl/α,β-unsaturated/α-hetero) is 1. The van der Waals surface area contributed by atoms with E-state index in [2.05, 4.69) is 15.5 Å². The molecule has 2 N–H and O–H groups in total. The van der Waals surface area contributed by atoms with E-state index in [1.54, 1.807) is 49.4 Å². The number of aromatic hydroxyl groups is 1. The number of ketones is 1. The van der Waals surface area contributed by atoms with Crippen LogP contribution < -0.4 is 10.1 Å². The van der Waals surface area contributed by atoms with Crippen molar-refractivity contribution in [3.05, 3.63) is 48.0 Å². The van der Waals surface area contributed by atoms with Crippen LogP contribution in [0.1, 0.15) is 36.5 Å². The summed E-state index contributed by atoms with van der Waals surface area (Å²) in [6.45, 7) is 3.08. The van der Waals surface area contributed by atoms with Gasteiger partial charge in [-0.2, -0.15) is 0 Å². The number of carbonyl (C=O) groups is 2. The van der Waals surface area contributed by atoms with E-state index in [1.807, 2.05) is 4.57 Å². The lowest BCUT2D eigenvalue weighted by atomic mass is 10.1. The summed E-state index contributed by atoms with van der Waals surface area (Å²) in [5, 5.41) is 21.7. The number of rotatable bonds is 10. The van der Waals surface area contributed by atoms with Crippen molar-refractivity contribution in [2.24, 2.45) is 0 Å². The van der Waals surface area contributed by atoms with Gasteiger partial charge in [-0.1, -0.05) is 18.7 Å². The van der Waals surface area contributed by atoms with Gasteiger partial charge in [-0.15, -0.1) is 10.2 Å². The zero-order chi connectivity index (χ0) is 24.8. The number of carbonyl (C=O) groups excluding carboxylic acids is 2. The largest absolute Gasteiger partial charge is 0.508 e. The number of ether oxygens (including phenoxy) is 2. The van der Waals surface area contributed by atoms with Crippen molar-refractivity contribution in [1.82, 2.24) is 14.8 Å². The van der Waals surface area contributed by atoms with E-state index in [-0.39, 0.29) is 29.3 Å². The zero-order valence-electron chi connectivity index (χ0n) is 19.7. The first-order valence-electron chi connectivity index (χ1n) is 11.5. The molecule has 0 spiro atoms. The molecular weight excluding hydrogens is 468 g/mol. The molecule has 0 saturated carbocycles. The minimum Gasteiger partial charge on any atom is -0.508 e. The molecule has 2 aromatic carbocycles. The highest BCUT2D eigenvalue weighted by Gasteiger charge is 2.23. The third-order valence-corrected chi connectivity index (χ3v) is 6.67. The topological polar surface area (TPSA) is 116 Å². The number of anilines is 1. The number of hydrogen-bond donors (Lipinski definition) is 2. The van der Waals surface area contributed by atoms with Crippen molar-refractivity contribution in [3.63, 3.8) is 0 Å². The number of phenolic OH excluding ortho intramolecular Hbond substituents is 1. The summed E-state index contributed by atoms with van der Waals surface area (Å²) >= 11 is 1.31. The minimum atomic E-state index is -0.132. The fraction of sp³-hybridized carbons (Fsp3) is 0.360. The van der Waals surface area contributed by atoms with E-state index < -0.39 is 0 Å². The van der Waals surface area contributed by atoms with Gasteiger partial charge < -0.3 is 19.9 Å². The fourth-order valence-corrected chi connectivity index (χ4v) is 4.64. The van der Waals surface area contributed by atoms with Gasteiger partial charge in [0.2, 0.25) is 5.91 Å². The molecule has 10 heteroatoms.